The summed E-state index contributed by atoms with van der Waals surface area (Å²) >= 11 is 0. The number of carbonyl (C=O) groups is 2. The largest absolute Gasteiger partial charge is 0.340 e. The van der Waals surface area contributed by atoms with Crippen LogP contribution in [-0.4, -0.2) is 54.8 Å². The number of piperazine rings is 1. The smallest absolute Gasteiger partial charge is 0.228 e. The molecule has 1 aliphatic carbocycles. The van der Waals surface area contributed by atoms with Gasteiger partial charge in [0, 0.05) is 31.9 Å². The van der Waals surface area contributed by atoms with Crippen molar-refractivity contribution >= 4 is 17.5 Å². The van der Waals surface area contributed by atoms with Crippen LogP contribution in [-0.2, 0) is 9.59 Å². The van der Waals surface area contributed by atoms with Crippen LogP contribution in [0.5, 0.6) is 0 Å². The highest BCUT2D eigenvalue weighted by Gasteiger charge is 2.49. The number of amides is 2. The van der Waals surface area contributed by atoms with Crippen molar-refractivity contribution in [1.29, 1.82) is 0 Å². The SMILES string of the molecule is Cc1ccc(NC(=O)C2CC2C(=O)N2CCN(C)CC2)cc1C. The van der Waals surface area contributed by atoms with Gasteiger partial charge in [-0.2, -0.15) is 0 Å². The van der Waals surface area contributed by atoms with Crippen molar-refractivity contribution in [2.45, 2.75) is 20.3 Å². The topological polar surface area (TPSA) is 52.7 Å². The van der Waals surface area contributed by atoms with Gasteiger partial charge in [-0.05, 0) is 50.6 Å². The molecule has 2 amide bonds. The summed E-state index contributed by atoms with van der Waals surface area (Å²) in [6.45, 7) is 7.46. The number of carbonyl (C=O) groups excluding carboxylic acids is 2. The van der Waals surface area contributed by atoms with Crippen LogP contribution in [0.4, 0.5) is 5.69 Å². The number of anilines is 1. The van der Waals surface area contributed by atoms with Crippen LogP contribution in [0.2, 0.25) is 0 Å². The summed E-state index contributed by atoms with van der Waals surface area (Å²) in [4.78, 5) is 28.9. The van der Waals surface area contributed by atoms with Gasteiger partial charge in [0.05, 0.1) is 11.8 Å². The second-order valence-corrected chi connectivity index (χ2v) is 6.87. The fourth-order valence-corrected chi connectivity index (χ4v) is 3.07. The maximum atomic E-state index is 12.5. The van der Waals surface area contributed by atoms with E-state index in [0.717, 1.165) is 37.4 Å². The molecule has 2 unspecified atom stereocenters. The van der Waals surface area contributed by atoms with Gasteiger partial charge >= 0.3 is 0 Å². The number of rotatable bonds is 3. The van der Waals surface area contributed by atoms with Gasteiger partial charge in [-0.15, -0.1) is 0 Å². The second kappa shape index (κ2) is 6.32. The van der Waals surface area contributed by atoms with Crippen molar-refractivity contribution in [3.05, 3.63) is 29.3 Å². The van der Waals surface area contributed by atoms with Crippen LogP contribution >= 0.6 is 0 Å². The lowest BCUT2D eigenvalue weighted by Gasteiger charge is -2.32. The summed E-state index contributed by atoms with van der Waals surface area (Å²) < 4.78 is 0. The fraction of sp³-hybridized carbons (Fsp3) is 0.556. The lowest BCUT2D eigenvalue weighted by molar-refractivity contribution is -0.135. The van der Waals surface area contributed by atoms with Gasteiger partial charge in [0.25, 0.3) is 0 Å². The van der Waals surface area contributed by atoms with E-state index >= 15 is 0 Å². The molecule has 1 aliphatic heterocycles. The van der Waals surface area contributed by atoms with Crippen molar-refractivity contribution in [2.24, 2.45) is 11.8 Å². The monoisotopic (exact) mass is 315 g/mol. The van der Waals surface area contributed by atoms with Crippen LogP contribution in [0.3, 0.4) is 0 Å². The van der Waals surface area contributed by atoms with Crippen LogP contribution in [0.15, 0.2) is 18.2 Å². The minimum absolute atomic E-state index is 0.0271. The van der Waals surface area contributed by atoms with Crippen LogP contribution < -0.4 is 5.32 Å². The van der Waals surface area contributed by atoms with E-state index in [0.29, 0.717) is 6.42 Å². The molecule has 0 bridgehead atoms. The number of aryl methyl sites for hydroxylation is 2. The Morgan fingerprint density at radius 3 is 2.39 bits per heavy atom. The van der Waals surface area contributed by atoms with E-state index in [9.17, 15) is 9.59 Å². The lowest BCUT2D eigenvalue weighted by Crippen LogP contribution is -2.48. The molecule has 2 aliphatic rings. The van der Waals surface area contributed by atoms with Crippen molar-refractivity contribution in [3.63, 3.8) is 0 Å². The molecule has 23 heavy (non-hydrogen) atoms. The third-order valence-corrected chi connectivity index (χ3v) is 5.03. The molecule has 5 nitrogen and oxygen atoms in total. The predicted molar refractivity (Wildman–Crippen MR) is 90.2 cm³/mol. The Morgan fingerprint density at radius 2 is 1.74 bits per heavy atom. The molecule has 1 saturated heterocycles. The minimum atomic E-state index is -0.163. The average Bonchev–Trinajstić information content (AvgIpc) is 3.32. The Kier molecular flexibility index (Phi) is 4.39. The molecule has 1 N–H and O–H groups in total. The zero-order valence-electron chi connectivity index (χ0n) is 14.1. The Hall–Kier alpha value is -1.88. The highest BCUT2D eigenvalue weighted by atomic mass is 16.2. The fourth-order valence-electron chi connectivity index (χ4n) is 3.07. The van der Waals surface area contributed by atoms with E-state index in [1.165, 1.54) is 5.56 Å². The number of likely N-dealkylation sites (N-methyl/N-ethyl adjacent to an activating group) is 1. The molecule has 1 aromatic rings. The van der Waals surface area contributed by atoms with Gasteiger partial charge in [-0.1, -0.05) is 6.07 Å². The van der Waals surface area contributed by atoms with Crippen LogP contribution in [0, 0.1) is 25.7 Å². The maximum absolute atomic E-state index is 12.5. The zero-order valence-corrected chi connectivity index (χ0v) is 14.1. The van der Waals surface area contributed by atoms with E-state index in [4.69, 9.17) is 0 Å². The van der Waals surface area contributed by atoms with E-state index in [2.05, 4.69) is 17.3 Å². The van der Waals surface area contributed by atoms with Gasteiger partial charge in [0.15, 0.2) is 0 Å². The first kappa shape index (κ1) is 16.0. The van der Waals surface area contributed by atoms with Crippen molar-refractivity contribution in [1.82, 2.24) is 9.80 Å². The molecule has 124 valence electrons. The standard InChI is InChI=1S/C18H25N3O2/c1-12-4-5-14(10-13(12)2)19-17(22)15-11-16(15)18(23)21-8-6-20(3)7-9-21/h4-5,10,15-16H,6-9,11H2,1-3H3,(H,19,22). The molecule has 0 radical (unpaired) electrons. The van der Waals surface area contributed by atoms with Gasteiger partial charge in [0.2, 0.25) is 11.8 Å². The van der Waals surface area contributed by atoms with Crippen molar-refractivity contribution < 1.29 is 9.59 Å². The second-order valence-electron chi connectivity index (χ2n) is 6.87. The Morgan fingerprint density at radius 1 is 1.04 bits per heavy atom. The number of nitrogens with zero attached hydrogens (tertiary/aromatic N) is 2. The normalized spacial score (nSPS) is 24.4. The Balaban J connectivity index is 1.54. The van der Waals surface area contributed by atoms with Crippen molar-refractivity contribution in [3.8, 4) is 0 Å². The molecule has 1 saturated carbocycles. The van der Waals surface area contributed by atoms with Gasteiger partial charge in [-0.25, -0.2) is 0 Å². The molecular formula is C18H25N3O2. The van der Waals surface area contributed by atoms with E-state index in [-0.39, 0.29) is 23.7 Å². The Labute approximate surface area is 137 Å². The molecule has 3 rings (SSSR count). The third kappa shape index (κ3) is 3.55. The number of benzene rings is 1. The molecule has 0 aromatic heterocycles. The highest BCUT2D eigenvalue weighted by Crippen LogP contribution is 2.41. The van der Waals surface area contributed by atoms with Gasteiger partial charge in [0.1, 0.15) is 0 Å². The lowest BCUT2D eigenvalue weighted by atomic mass is 10.1. The van der Waals surface area contributed by atoms with Gasteiger partial charge < -0.3 is 15.1 Å². The van der Waals surface area contributed by atoms with Gasteiger partial charge in [-0.3, -0.25) is 9.59 Å². The number of hydrogen-bond acceptors (Lipinski definition) is 3. The summed E-state index contributed by atoms with van der Waals surface area (Å²) in [6, 6.07) is 5.90. The number of nitrogens with one attached hydrogen (secondary N) is 1. The van der Waals surface area contributed by atoms with E-state index in [1.807, 2.05) is 36.9 Å². The van der Waals surface area contributed by atoms with E-state index in [1.54, 1.807) is 0 Å². The maximum Gasteiger partial charge on any atom is 0.228 e. The van der Waals surface area contributed by atoms with Crippen LogP contribution in [0.25, 0.3) is 0 Å². The molecule has 0 spiro atoms. The quantitative estimate of drug-likeness (QED) is 0.923. The summed E-state index contributed by atoms with van der Waals surface area (Å²) in [5.74, 6) is -0.159. The molecule has 1 aromatic carbocycles. The van der Waals surface area contributed by atoms with E-state index < -0.39 is 0 Å². The molecule has 1 heterocycles. The summed E-state index contributed by atoms with van der Waals surface area (Å²) in [5, 5.41) is 2.95. The minimum Gasteiger partial charge on any atom is -0.340 e. The van der Waals surface area contributed by atoms with Crippen LogP contribution in [0.1, 0.15) is 17.5 Å². The molecular weight excluding hydrogens is 290 g/mol. The zero-order chi connectivity index (χ0) is 16.6. The first-order valence-corrected chi connectivity index (χ1v) is 8.31. The summed E-state index contributed by atoms with van der Waals surface area (Å²) in [5.41, 5.74) is 3.18. The molecule has 2 atom stereocenters. The molecule has 5 heteroatoms. The highest BCUT2D eigenvalue weighted by molar-refractivity contribution is 5.99. The summed E-state index contributed by atoms with van der Waals surface area (Å²) in [7, 11) is 2.07. The molecule has 2 fully saturated rings. The predicted octanol–water partition coefficient (Wildman–Crippen LogP) is 1.65. The van der Waals surface area contributed by atoms with Crippen molar-refractivity contribution in [2.75, 3.05) is 38.5 Å². The summed E-state index contributed by atoms with van der Waals surface area (Å²) in [6.07, 6.45) is 0.682. The third-order valence-electron chi connectivity index (χ3n) is 5.03. The number of hydrogen-bond donors (Lipinski definition) is 1. The first-order valence-electron chi connectivity index (χ1n) is 8.31. The first-order chi connectivity index (χ1) is 11.0. The average molecular weight is 315 g/mol. The Bertz CT molecular complexity index is 621.